The molecule has 1 aliphatic heterocycles. The van der Waals surface area contributed by atoms with Crippen molar-refractivity contribution >= 4 is 39.7 Å². The number of aliphatic imine (C=N–C) groups is 1. The smallest absolute Gasteiger partial charge is 0.277 e. The molecule has 164 valence electrons. The minimum atomic E-state index is -4.02. The molecule has 9 heteroatoms. The lowest BCUT2D eigenvalue weighted by atomic mass is 10.1. The van der Waals surface area contributed by atoms with E-state index in [-0.39, 0.29) is 18.2 Å². The van der Waals surface area contributed by atoms with Crippen LogP contribution in [0.25, 0.3) is 12.2 Å². The van der Waals surface area contributed by atoms with E-state index in [0.29, 0.717) is 17.1 Å². The lowest BCUT2D eigenvalue weighted by molar-refractivity contribution is -0.121. The van der Waals surface area contributed by atoms with Crippen molar-refractivity contribution in [3.63, 3.8) is 0 Å². The van der Waals surface area contributed by atoms with Gasteiger partial charge in [-0.3, -0.25) is 14.2 Å². The van der Waals surface area contributed by atoms with Crippen molar-refractivity contribution in [3.05, 3.63) is 77.0 Å². The van der Waals surface area contributed by atoms with Crippen LogP contribution in [-0.4, -0.2) is 56.0 Å². The van der Waals surface area contributed by atoms with E-state index in [1.54, 1.807) is 67.5 Å². The molecule has 1 heterocycles. The second-order valence-corrected chi connectivity index (χ2v) is 8.80. The molecule has 3 rings (SSSR count). The number of benzene rings is 2. The van der Waals surface area contributed by atoms with Gasteiger partial charge in [-0.15, -0.1) is 0 Å². The highest BCUT2D eigenvalue weighted by molar-refractivity contribution is 7.85. The molecule has 0 radical (unpaired) electrons. The summed E-state index contributed by atoms with van der Waals surface area (Å²) in [5.74, 6) is -0.0742. The summed E-state index contributed by atoms with van der Waals surface area (Å²) in [5, 5.41) is 8.87. The van der Waals surface area contributed by atoms with Gasteiger partial charge in [0, 0.05) is 26.3 Å². The van der Waals surface area contributed by atoms with Gasteiger partial charge in [0.25, 0.3) is 16.0 Å². The highest BCUT2D eigenvalue weighted by atomic mass is 32.2. The van der Waals surface area contributed by atoms with Gasteiger partial charge in [-0.05, 0) is 47.5 Å². The Morgan fingerprint density at radius 3 is 2.31 bits per heavy atom. The maximum absolute atomic E-state index is 12.6. The van der Waals surface area contributed by atoms with Gasteiger partial charge in [-0.1, -0.05) is 30.3 Å². The van der Waals surface area contributed by atoms with Crippen molar-refractivity contribution in [2.24, 2.45) is 4.99 Å². The van der Waals surface area contributed by atoms with E-state index in [4.69, 9.17) is 9.81 Å². The summed E-state index contributed by atoms with van der Waals surface area (Å²) in [6.07, 6.45) is 5.25. The van der Waals surface area contributed by atoms with Crippen LogP contribution >= 0.6 is 0 Å². The zero-order valence-electron chi connectivity index (χ0n) is 17.6. The standard InChI is InChI=1S/C23H22N4O4S/c1-26(13-14-32(29,30)31)20-10-7-18(8-11-20)15-21-23(28)27(2)22(25-21)12-9-17-3-5-19(16-24)6-4-17/h3-12,15H,13-14H2,1-2H3,(H,29,30,31)/b12-9+,21-15-. The number of likely N-dealkylation sites (N-methyl/N-ethyl adjacent to an activating group) is 1. The van der Waals surface area contributed by atoms with Crippen LogP contribution in [0.15, 0.2) is 65.3 Å². The zero-order valence-corrected chi connectivity index (χ0v) is 18.5. The maximum atomic E-state index is 12.6. The summed E-state index contributed by atoms with van der Waals surface area (Å²) in [5.41, 5.74) is 3.32. The molecule has 2 aromatic carbocycles. The first-order chi connectivity index (χ1) is 15.2. The zero-order chi connectivity index (χ0) is 23.3. The predicted octanol–water partition coefficient (Wildman–Crippen LogP) is 2.81. The van der Waals surface area contributed by atoms with Crippen LogP contribution in [0.5, 0.6) is 0 Å². The Bertz CT molecular complexity index is 1240. The first kappa shape index (κ1) is 22.9. The topological polar surface area (TPSA) is 114 Å². The van der Waals surface area contributed by atoms with E-state index in [1.165, 1.54) is 4.90 Å². The van der Waals surface area contributed by atoms with Crippen molar-refractivity contribution < 1.29 is 17.8 Å². The van der Waals surface area contributed by atoms with Crippen molar-refractivity contribution in [1.29, 1.82) is 5.26 Å². The molecule has 0 bridgehead atoms. The van der Waals surface area contributed by atoms with Gasteiger partial charge in [0.1, 0.15) is 11.5 Å². The van der Waals surface area contributed by atoms with Gasteiger partial charge in [-0.25, -0.2) is 4.99 Å². The SMILES string of the molecule is CN1C(=O)/C(=C/c2ccc(N(C)CCS(=O)(=O)O)cc2)N=C1/C=C/c1ccc(C#N)cc1. The Hall–Kier alpha value is -3.74. The quantitative estimate of drug-likeness (QED) is 0.513. The van der Waals surface area contributed by atoms with Gasteiger partial charge in [-0.2, -0.15) is 13.7 Å². The van der Waals surface area contributed by atoms with E-state index in [0.717, 1.165) is 16.8 Å². The summed E-state index contributed by atoms with van der Waals surface area (Å²) in [6.45, 7) is 0.155. The highest BCUT2D eigenvalue weighted by Gasteiger charge is 2.25. The van der Waals surface area contributed by atoms with E-state index < -0.39 is 10.1 Å². The Morgan fingerprint density at radius 2 is 1.72 bits per heavy atom. The van der Waals surface area contributed by atoms with Gasteiger partial charge in [0.05, 0.1) is 17.4 Å². The van der Waals surface area contributed by atoms with E-state index >= 15 is 0 Å². The summed E-state index contributed by atoms with van der Waals surface area (Å²) < 4.78 is 30.7. The number of amides is 1. The molecule has 0 atom stereocenters. The number of carbonyl (C=O) groups is 1. The second-order valence-electron chi connectivity index (χ2n) is 7.23. The molecule has 0 spiro atoms. The fourth-order valence-corrected chi connectivity index (χ4v) is 3.47. The maximum Gasteiger partial charge on any atom is 0.277 e. The highest BCUT2D eigenvalue weighted by Crippen LogP contribution is 2.20. The number of nitrogens with zero attached hydrogens (tertiary/aromatic N) is 4. The third-order valence-corrected chi connectivity index (χ3v) is 5.59. The lowest BCUT2D eigenvalue weighted by Crippen LogP contribution is -2.26. The van der Waals surface area contributed by atoms with Gasteiger partial charge >= 0.3 is 0 Å². The first-order valence-corrected chi connectivity index (χ1v) is 11.3. The molecule has 0 saturated heterocycles. The summed E-state index contributed by atoms with van der Waals surface area (Å²) in [4.78, 5) is 20.1. The minimum absolute atomic E-state index is 0.155. The number of amidine groups is 1. The molecule has 1 N–H and O–H groups in total. The average molecular weight is 451 g/mol. The predicted molar refractivity (Wildman–Crippen MR) is 125 cm³/mol. The lowest BCUT2D eigenvalue weighted by Gasteiger charge is -2.18. The molecule has 1 amide bonds. The second kappa shape index (κ2) is 9.60. The number of carbonyl (C=O) groups excluding carboxylic acids is 1. The molecular formula is C23H22N4O4S. The fraction of sp³-hybridized carbons (Fsp3) is 0.174. The Kier molecular flexibility index (Phi) is 6.88. The van der Waals surface area contributed by atoms with Crippen LogP contribution in [0.1, 0.15) is 16.7 Å². The molecule has 32 heavy (non-hydrogen) atoms. The minimum Gasteiger partial charge on any atom is -0.373 e. The number of anilines is 1. The van der Waals surface area contributed by atoms with E-state index in [2.05, 4.69) is 11.1 Å². The van der Waals surface area contributed by atoms with Gasteiger partial charge in [0.15, 0.2) is 0 Å². The van der Waals surface area contributed by atoms with Crippen LogP contribution in [0, 0.1) is 11.3 Å². The molecule has 0 fully saturated rings. The summed E-state index contributed by atoms with van der Waals surface area (Å²) in [7, 11) is -0.642. The molecular weight excluding hydrogens is 428 g/mol. The molecule has 8 nitrogen and oxygen atoms in total. The largest absolute Gasteiger partial charge is 0.373 e. The fourth-order valence-electron chi connectivity index (χ4n) is 2.97. The van der Waals surface area contributed by atoms with Crippen LogP contribution in [-0.2, 0) is 14.9 Å². The van der Waals surface area contributed by atoms with Crippen LogP contribution < -0.4 is 4.90 Å². The number of rotatable bonds is 7. The molecule has 0 aromatic heterocycles. The molecule has 2 aromatic rings. The van der Waals surface area contributed by atoms with Crippen LogP contribution in [0.3, 0.4) is 0 Å². The summed E-state index contributed by atoms with van der Waals surface area (Å²) >= 11 is 0. The van der Waals surface area contributed by atoms with Crippen LogP contribution in [0.4, 0.5) is 5.69 Å². The number of hydrogen-bond donors (Lipinski definition) is 1. The first-order valence-electron chi connectivity index (χ1n) is 9.69. The third kappa shape index (κ3) is 5.91. The average Bonchev–Trinajstić information content (AvgIpc) is 3.04. The van der Waals surface area contributed by atoms with Gasteiger partial charge < -0.3 is 4.90 Å². The normalized spacial score (nSPS) is 15.3. The Labute approximate surface area is 187 Å². The van der Waals surface area contributed by atoms with Crippen molar-refractivity contribution in [2.45, 2.75) is 0 Å². The Balaban J connectivity index is 1.73. The van der Waals surface area contributed by atoms with E-state index in [9.17, 15) is 13.2 Å². The molecule has 1 aliphatic rings. The van der Waals surface area contributed by atoms with Gasteiger partial charge in [0.2, 0.25) is 0 Å². The van der Waals surface area contributed by atoms with E-state index in [1.807, 2.05) is 18.2 Å². The van der Waals surface area contributed by atoms with Crippen LogP contribution in [0.2, 0.25) is 0 Å². The number of hydrogen-bond acceptors (Lipinski definition) is 6. The van der Waals surface area contributed by atoms with Crippen molar-refractivity contribution in [1.82, 2.24) is 4.90 Å². The Morgan fingerprint density at radius 1 is 1.09 bits per heavy atom. The molecule has 0 saturated carbocycles. The summed E-state index contributed by atoms with van der Waals surface area (Å²) in [6, 6.07) is 16.4. The molecule has 0 unspecified atom stereocenters. The monoisotopic (exact) mass is 450 g/mol. The third-order valence-electron chi connectivity index (χ3n) is 4.89. The van der Waals surface area contributed by atoms with Crippen molar-refractivity contribution in [3.8, 4) is 6.07 Å². The number of nitriles is 1. The van der Waals surface area contributed by atoms with Crippen molar-refractivity contribution in [2.75, 3.05) is 31.3 Å². The molecule has 0 aliphatic carbocycles.